The molecular weight excluding hydrogens is 388 g/mol. The summed E-state index contributed by atoms with van der Waals surface area (Å²) in [7, 11) is -3.20. The zero-order valence-electron chi connectivity index (χ0n) is 16.7. The van der Waals surface area contributed by atoms with Crippen molar-refractivity contribution in [2.24, 2.45) is 0 Å². The number of benzene rings is 2. The maximum atomic E-state index is 13.1. The second-order valence-corrected chi connectivity index (χ2v) is 9.95. The Labute approximate surface area is 172 Å². The molecule has 2 aliphatic heterocycles. The van der Waals surface area contributed by atoms with Crippen LogP contribution in [0.4, 0.5) is 5.69 Å². The number of carbonyl (C=O) groups excluding carboxylic acids is 1. The summed E-state index contributed by atoms with van der Waals surface area (Å²) in [4.78, 5) is 16.8. The lowest BCUT2D eigenvalue weighted by molar-refractivity contribution is -0.123. The van der Waals surface area contributed by atoms with Gasteiger partial charge in [-0.25, -0.2) is 8.42 Å². The summed E-state index contributed by atoms with van der Waals surface area (Å²) in [5.41, 5.74) is 2.98. The third kappa shape index (κ3) is 4.16. The predicted octanol–water partition coefficient (Wildman–Crippen LogP) is 2.41. The van der Waals surface area contributed by atoms with Crippen molar-refractivity contribution in [3.63, 3.8) is 0 Å². The molecular formula is C22H26N2O4S. The van der Waals surface area contributed by atoms with Crippen molar-refractivity contribution in [3.8, 4) is 5.75 Å². The van der Waals surface area contributed by atoms with Crippen LogP contribution in [0.25, 0.3) is 0 Å². The van der Waals surface area contributed by atoms with Gasteiger partial charge in [-0.05, 0) is 43.7 Å². The van der Waals surface area contributed by atoms with Crippen molar-refractivity contribution < 1.29 is 17.9 Å². The first kappa shape index (κ1) is 19.9. The van der Waals surface area contributed by atoms with E-state index in [0.717, 1.165) is 17.0 Å². The fourth-order valence-corrected chi connectivity index (χ4v) is 6.25. The fourth-order valence-electron chi connectivity index (χ4n) is 4.26. The summed E-state index contributed by atoms with van der Waals surface area (Å²) in [6.45, 7) is 5.29. The minimum absolute atomic E-state index is 0.00101. The van der Waals surface area contributed by atoms with Crippen molar-refractivity contribution in [1.82, 2.24) is 4.90 Å². The monoisotopic (exact) mass is 414 g/mol. The minimum atomic E-state index is -3.20. The van der Waals surface area contributed by atoms with E-state index in [1.807, 2.05) is 67.3 Å². The van der Waals surface area contributed by atoms with Gasteiger partial charge >= 0.3 is 0 Å². The van der Waals surface area contributed by atoms with Gasteiger partial charge < -0.3 is 9.64 Å². The predicted molar refractivity (Wildman–Crippen MR) is 113 cm³/mol. The van der Waals surface area contributed by atoms with Crippen LogP contribution >= 0.6 is 0 Å². The molecule has 7 heteroatoms. The Morgan fingerprint density at radius 2 is 1.66 bits per heavy atom. The Balaban J connectivity index is 1.61. The van der Waals surface area contributed by atoms with E-state index in [1.54, 1.807) is 4.90 Å². The van der Waals surface area contributed by atoms with E-state index in [0.29, 0.717) is 13.2 Å². The minimum Gasteiger partial charge on any atom is -0.494 e. The maximum Gasteiger partial charge on any atom is 0.241 e. The van der Waals surface area contributed by atoms with Crippen molar-refractivity contribution in [3.05, 3.63) is 59.7 Å². The number of nitrogens with zero attached hydrogens (tertiary/aromatic N) is 2. The molecule has 2 saturated heterocycles. The molecule has 2 aromatic carbocycles. The third-order valence-corrected chi connectivity index (χ3v) is 7.33. The van der Waals surface area contributed by atoms with Gasteiger partial charge in [0.15, 0.2) is 9.84 Å². The van der Waals surface area contributed by atoms with Crippen LogP contribution < -0.4 is 9.64 Å². The number of anilines is 1. The summed E-state index contributed by atoms with van der Waals surface area (Å²) < 4.78 is 30.4. The second kappa shape index (κ2) is 7.80. The number of aryl methyl sites for hydroxylation is 1. The molecule has 2 heterocycles. The highest BCUT2D eigenvalue weighted by atomic mass is 32.2. The molecule has 2 aliphatic rings. The van der Waals surface area contributed by atoms with Crippen molar-refractivity contribution in [2.75, 3.05) is 29.6 Å². The van der Waals surface area contributed by atoms with Crippen molar-refractivity contribution >= 4 is 21.4 Å². The zero-order valence-corrected chi connectivity index (χ0v) is 17.6. The quantitative estimate of drug-likeness (QED) is 0.752. The van der Waals surface area contributed by atoms with E-state index in [4.69, 9.17) is 4.74 Å². The van der Waals surface area contributed by atoms with E-state index in [9.17, 15) is 13.2 Å². The number of sulfone groups is 1. The molecule has 2 atom stereocenters. The van der Waals surface area contributed by atoms with Crippen LogP contribution in [0.1, 0.15) is 18.1 Å². The number of piperazine rings is 1. The van der Waals surface area contributed by atoms with Crippen LogP contribution in [-0.4, -0.2) is 56.0 Å². The van der Waals surface area contributed by atoms with Gasteiger partial charge in [-0.1, -0.05) is 29.8 Å². The van der Waals surface area contributed by atoms with E-state index in [-0.39, 0.29) is 36.0 Å². The lowest BCUT2D eigenvalue weighted by atomic mass is 10.0. The van der Waals surface area contributed by atoms with Gasteiger partial charge in [0.2, 0.25) is 5.91 Å². The van der Waals surface area contributed by atoms with E-state index in [1.165, 1.54) is 5.56 Å². The first-order valence-corrected chi connectivity index (χ1v) is 11.7. The van der Waals surface area contributed by atoms with E-state index < -0.39 is 9.84 Å². The average Bonchev–Trinajstić information content (AvgIpc) is 3.00. The molecule has 0 radical (unpaired) electrons. The molecule has 0 saturated carbocycles. The molecule has 0 N–H and O–H groups in total. The van der Waals surface area contributed by atoms with Gasteiger partial charge in [-0.15, -0.1) is 0 Å². The van der Waals surface area contributed by atoms with E-state index in [2.05, 4.69) is 0 Å². The number of rotatable bonds is 5. The van der Waals surface area contributed by atoms with Crippen molar-refractivity contribution in [1.29, 1.82) is 0 Å². The lowest BCUT2D eigenvalue weighted by Crippen LogP contribution is -2.61. The first-order valence-electron chi connectivity index (χ1n) is 9.91. The highest BCUT2D eigenvalue weighted by molar-refractivity contribution is 7.91. The topological polar surface area (TPSA) is 66.9 Å². The highest BCUT2D eigenvalue weighted by Crippen LogP contribution is 2.33. The number of hydrogen-bond acceptors (Lipinski definition) is 5. The largest absolute Gasteiger partial charge is 0.494 e. The molecule has 2 fully saturated rings. The average molecular weight is 415 g/mol. The summed E-state index contributed by atoms with van der Waals surface area (Å²) >= 11 is 0. The zero-order chi connectivity index (χ0) is 20.6. The van der Waals surface area contributed by atoms with Crippen molar-refractivity contribution in [2.45, 2.75) is 32.5 Å². The fraction of sp³-hybridized carbons (Fsp3) is 0.409. The Kier molecular flexibility index (Phi) is 5.36. The summed E-state index contributed by atoms with van der Waals surface area (Å²) in [5.74, 6) is 0.752. The number of ether oxygens (including phenoxy) is 1. The number of fused-ring (bicyclic) bond motifs is 1. The SMILES string of the molecule is CCOc1ccc(N2C(=O)CN(Cc3ccc(C)cc3)C3CS(=O)(=O)CC32)cc1. The van der Waals surface area contributed by atoms with Crippen LogP contribution in [0.3, 0.4) is 0 Å². The molecule has 0 aromatic heterocycles. The molecule has 1 amide bonds. The van der Waals surface area contributed by atoms with Gasteiger partial charge in [-0.2, -0.15) is 0 Å². The summed E-state index contributed by atoms with van der Waals surface area (Å²) in [6.07, 6.45) is 0. The number of carbonyl (C=O) groups is 1. The first-order chi connectivity index (χ1) is 13.9. The molecule has 2 aromatic rings. The Morgan fingerprint density at radius 3 is 2.31 bits per heavy atom. The standard InChI is InChI=1S/C22H26N2O4S/c1-3-28-19-10-8-18(9-11-19)24-21-15-29(26,27)14-20(21)23(13-22(24)25)12-17-6-4-16(2)5-7-17/h4-11,20-21H,3,12-15H2,1-2H3. The second-order valence-electron chi connectivity index (χ2n) is 7.79. The lowest BCUT2D eigenvalue weighted by Gasteiger charge is -2.43. The molecule has 154 valence electrons. The van der Waals surface area contributed by atoms with Crippen LogP contribution in [-0.2, 0) is 21.2 Å². The molecule has 2 unspecified atom stereocenters. The summed E-state index contributed by atoms with van der Waals surface area (Å²) in [6, 6.07) is 14.9. The van der Waals surface area contributed by atoms with Crippen LogP contribution in [0.15, 0.2) is 48.5 Å². The number of amides is 1. The third-order valence-electron chi connectivity index (χ3n) is 5.63. The smallest absolute Gasteiger partial charge is 0.241 e. The molecule has 0 bridgehead atoms. The molecule has 0 aliphatic carbocycles. The highest BCUT2D eigenvalue weighted by Gasteiger charge is 2.49. The molecule has 6 nitrogen and oxygen atoms in total. The maximum absolute atomic E-state index is 13.1. The van der Waals surface area contributed by atoms with E-state index >= 15 is 0 Å². The molecule has 0 spiro atoms. The Morgan fingerprint density at radius 1 is 1.00 bits per heavy atom. The van der Waals surface area contributed by atoms with Crippen LogP contribution in [0.2, 0.25) is 0 Å². The molecule has 29 heavy (non-hydrogen) atoms. The van der Waals surface area contributed by atoms with Gasteiger partial charge in [0.25, 0.3) is 0 Å². The summed E-state index contributed by atoms with van der Waals surface area (Å²) in [5, 5.41) is 0. The normalized spacial score (nSPS) is 23.8. The Hall–Kier alpha value is -2.38. The van der Waals surface area contributed by atoms with Gasteiger partial charge in [-0.3, -0.25) is 9.69 Å². The van der Waals surface area contributed by atoms with Gasteiger partial charge in [0.1, 0.15) is 5.75 Å². The van der Waals surface area contributed by atoms with Crippen LogP contribution in [0.5, 0.6) is 5.75 Å². The number of hydrogen-bond donors (Lipinski definition) is 0. The van der Waals surface area contributed by atoms with Crippen LogP contribution in [0, 0.1) is 6.92 Å². The Bertz CT molecular complexity index is 986. The molecule has 4 rings (SSSR count). The van der Waals surface area contributed by atoms with Gasteiger partial charge in [0, 0.05) is 18.3 Å². The van der Waals surface area contributed by atoms with Gasteiger partial charge in [0.05, 0.1) is 30.7 Å².